The number of Topliss-reactive ketones (excluding diaryl/α,β-unsaturated/α-hetero) is 3. The largest absolute Gasteiger partial charge is 0.487 e. The molecule has 2 heterocycles. The van der Waals surface area contributed by atoms with Gasteiger partial charge in [0.2, 0.25) is 11.8 Å². The molecule has 1 saturated heterocycles. The summed E-state index contributed by atoms with van der Waals surface area (Å²) < 4.78 is 45.6. The van der Waals surface area contributed by atoms with Crippen molar-refractivity contribution in [2.45, 2.75) is 123 Å². The van der Waals surface area contributed by atoms with Crippen LogP contribution in [0.5, 0.6) is 5.75 Å². The third-order valence-electron chi connectivity index (χ3n) is 12.6. The van der Waals surface area contributed by atoms with Gasteiger partial charge < -0.3 is 25.2 Å². The monoisotopic (exact) mass is 1010 g/mol. The minimum Gasteiger partial charge on any atom is -0.487 e. The highest BCUT2D eigenvalue weighted by molar-refractivity contribution is 7.86. The van der Waals surface area contributed by atoms with Crippen LogP contribution in [0.1, 0.15) is 94.7 Å². The Morgan fingerprint density at radius 3 is 1.97 bits per heavy atom. The van der Waals surface area contributed by atoms with Crippen LogP contribution in [0.4, 0.5) is 0 Å². The van der Waals surface area contributed by atoms with Crippen molar-refractivity contribution in [1.82, 2.24) is 30.5 Å². The van der Waals surface area contributed by atoms with E-state index in [0.29, 0.717) is 61.7 Å². The highest BCUT2D eigenvalue weighted by Crippen LogP contribution is 2.29. The standard InChI is InChI=1S/C54H74N6O11S/c1-36(2)25-47(55-52(64)42(20-19-40-15-11-9-12-16-40)30-45(61)33-60-21-23-69-24-22-60)49(62)31-43(29-41-17-13-10-14-18-41)53(65)56-48(26-37(3)4)51(63)54(7,66)35-71-72(67,68)50-38(5)27-46(28-39(50)6)70-34-44-32-59(8)58-57-44/h9-18,27-28,32,36-37,42-43,47-48,66H,19-26,29-31,33-35H2,1-8H3,(H,55,64)(H,56,65)/t42-,43-,47+,48+,54-/m1/s1. The molecule has 17 nitrogen and oxygen atoms in total. The lowest BCUT2D eigenvalue weighted by molar-refractivity contribution is -0.143. The van der Waals surface area contributed by atoms with E-state index in [2.05, 4.69) is 20.9 Å². The van der Waals surface area contributed by atoms with Crippen LogP contribution in [0.2, 0.25) is 0 Å². The molecule has 0 saturated carbocycles. The molecule has 1 aliphatic heterocycles. The van der Waals surface area contributed by atoms with Crippen LogP contribution in [0.15, 0.2) is 83.9 Å². The van der Waals surface area contributed by atoms with E-state index in [1.807, 2.05) is 93.3 Å². The molecule has 0 unspecified atom stereocenters. The third-order valence-corrected chi connectivity index (χ3v) is 14.2. The second-order valence-electron chi connectivity index (χ2n) is 20.2. The Morgan fingerprint density at radius 2 is 1.39 bits per heavy atom. The van der Waals surface area contributed by atoms with Crippen molar-refractivity contribution in [2.24, 2.45) is 30.7 Å². The number of ketones is 3. The van der Waals surface area contributed by atoms with Gasteiger partial charge in [-0.05, 0) is 99.1 Å². The van der Waals surface area contributed by atoms with E-state index in [1.165, 1.54) is 16.8 Å². The van der Waals surface area contributed by atoms with Gasteiger partial charge in [0.25, 0.3) is 10.1 Å². The number of aromatic nitrogens is 3. The Labute approximate surface area is 424 Å². The van der Waals surface area contributed by atoms with Gasteiger partial charge in [0.1, 0.15) is 40.9 Å². The minimum absolute atomic E-state index is 0.00230. The number of aliphatic hydroxyl groups is 1. The van der Waals surface area contributed by atoms with Gasteiger partial charge in [-0.3, -0.25) is 37.7 Å². The highest BCUT2D eigenvalue weighted by atomic mass is 32.2. The molecule has 5 atom stereocenters. The molecule has 1 aromatic heterocycles. The second-order valence-corrected chi connectivity index (χ2v) is 21.8. The third kappa shape index (κ3) is 17.8. The Bertz CT molecular complexity index is 2520. The van der Waals surface area contributed by atoms with Gasteiger partial charge in [-0.2, -0.15) is 8.42 Å². The normalized spacial score (nSPS) is 15.8. The summed E-state index contributed by atoms with van der Waals surface area (Å²) in [7, 11) is -2.81. The summed E-state index contributed by atoms with van der Waals surface area (Å²) in [4.78, 5) is 73.0. The Balaban J connectivity index is 1.31. The fourth-order valence-corrected chi connectivity index (χ4v) is 10.3. The summed E-state index contributed by atoms with van der Waals surface area (Å²) >= 11 is 0. The van der Waals surface area contributed by atoms with Gasteiger partial charge in [0.15, 0.2) is 11.6 Å². The first kappa shape index (κ1) is 57.2. The van der Waals surface area contributed by atoms with Crippen LogP contribution in [0.25, 0.3) is 0 Å². The summed E-state index contributed by atoms with van der Waals surface area (Å²) in [6.07, 6.45) is 2.79. The van der Waals surface area contributed by atoms with E-state index in [1.54, 1.807) is 27.1 Å². The molecule has 1 fully saturated rings. The molecule has 1 aliphatic rings. The van der Waals surface area contributed by atoms with Crippen LogP contribution in [0.3, 0.4) is 0 Å². The van der Waals surface area contributed by atoms with Crippen molar-refractivity contribution in [2.75, 3.05) is 39.5 Å². The number of hydrogen-bond donors (Lipinski definition) is 3. The fraction of sp³-hybridized carbons (Fsp3) is 0.537. The van der Waals surface area contributed by atoms with Crippen LogP contribution in [-0.4, -0.2) is 120 Å². The number of aryl methyl sites for hydroxylation is 4. The number of morpholine rings is 1. The molecule has 5 rings (SSSR count). The Morgan fingerprint density at radius 1 is 0.819 bits per heavy atom. The van der Waals surface area contributed by atoms with Crippen molar-refractivity contribution in [3.05, 3.63) is 107 Å². The first-order chi connectivity index (χ1) is 34.1. The number of carbonyl (C=O) groups excluding carboxylic acids is 5. The molecule has 3 N–H and O–H groups in total. The Kier molecular flexibility index (Phi) is 21.4. The number of nitrogens with zero attached hydrogens (tertiary/aromatic N) is 4. The van der Waals surface area contributed by atoms with E-state index in [0.717, 1.165) is 18.1 Å². The molecule has 18 heteroatoms. The highest BCUT2D eigenvalue weighted by Gasteiger charge is 2.41. The summed E-state index contributed by atoms with van der Waals surface area (Å²) in [6.45, 7) is 13.5. The predicted octanol–water partition coefficient (Wildman–Crippen LogP) is 5.46. The maximum absolute atomic E-state index is 14.5. The van der Waals surface area contributed by atoms with Crippen LogP contribution < -0.4 is 15.4 Å². The predicted molar refractivity (Wildman–Crippen MR) is 271 cm³/mol. The fourth-order valence-electron chi connectivity index (χ4n) is 8.93. The quantitative estimate of drug-likeness (QED) is 0.0575. The van der Waals surface area contributed by atoms with E-state index in [4.69, 9.17) is 13.7 Å². The lowest BCUT2D eigenvalue weighted by Gasteiger charge is -2.30. The van der Waals surface area contributed by atoms with Crippen molar-refractivity contribution >= 4 is 39.3 Å². The van der Waals surface area contributed by atoms with Gasteiger partial charge in [-0.1, -0.05) is 93.6 Å². The van der Waals surface area contributed by atoms with Gasteiger partial charge in [0.05, 0.1) is 38.0 Å². The van der Waals surface area contributed by atoms with Crippen molar-refractivity contribution in [3.63, 3.8) is 0 Å². The zero-order valence-corrected chi connectivity index (χ0v) is 43.9. The van der Waals surface area contributed by atoms with Gasteiger partial charge in [0, 0.05) is 44.8 Å². The molecule has 3 aromatic carbocycles. The molecule has 0 bridgehead atoms. The maximum atomic E-state index is 14.5. The number of benzene rings is 3. The van der Waals surface area contributed by atoms with Gasteiger partial charge in [-0.15, -0.1) is 5.10 Å². The lowest BCUT2D eigenvalue weighted by atomic mass is 9.86. The van der Waals surface area contributed by atoms with E-state index >= 15 is 0 Å². The van der Waals surface area contributed by atoms with Gasteiger partial charge in [-0.25, -0.2) is 0 Å². The molecule has 0 aliphatic carbocycles. The average molecular weight is 1020 g/mol. The van der Waals surface area contributed by atoms with Gasteiger partial charge >= 0.3 is 0 Å². The SMILES string of the molecule is Cc1cc(OCc2cn(C)nn2)cc(C)c1S(=O)(=O)OC[C@@](C)(O)C(=O)[C@H](CC(C)C)NC(=O)[C@@H](CC(=O)[C@H](CC(C)C)NC(=O)[C@H](CCc1ccccc1)CC(=O)CN1CCOCC1)Cc1ccccc1. The van der Waals surface area contributed by atoms with Crippen molar-refractivity contribution < 1.29 is 51.2 Å². The summed E-state index contributed by atoms with van der Waals surface area (Å²) in [6, 6.07) is 19.6. The molecule has 4 aromatic rings. The van der Waals surface area contributed by atoms with Crippen LogP contribution in [-0.2, 0) is 69.5 Å². The zero-order valence-electron chi connectivity index (χ0n) is 43.1. The number of amides is 2. The zero-order chi connectivity index (χ0) is 52.6. The van der Waals surface area contributed by atoms with E-state index in [9.17, 15) is 37.5 Å². The number of ether oxygens (including phenoxy) is 2. The first-order valence-electron chi connectivity index (χ1n) is 24.9. The summed E-state index contributed by atoms with van der Waals surface area (Å²) in [5.41, 5.74) is 0.580. The first-order valence-corrected chi connectivity index (χ1v) is 26.3. The van der Waals surface area contributed by atoms with E-state index < -0.39 is 63.8 Å². The van der Waals surface area contributed by atoms with E-state index in [-0.39, 0.29) is 73.6 Å². The molecule has 0 radical (unpaired) electrons. The average Bonchev–Trinajstić information content (AvgIpc) is 3.75. The van der Waals surface area contributed by atoms with Crippen LogP contribution in [0, 0.1) is 37.5 Å². The topological polar surface area (TPSA) is 225 Å². The van der Waals surface area contributed by atoms with Crippen LogP contribution >= 0.6 is 0 Å². The number of carbonyl (C=O) groups is 5. The minimum atomic E-state index is -4.53. The molecule has 392 valence electrons. The molecular formula is C54H74N6O11S. The lowest BCUT2D eigenvalue weighted by Crippen LogP contribution is -2.54. The number of nitrogens with one attached hydrogen (secondary N) is 2. The smallest absolute Gasteiger partial charge is 0.297 e. The number of hydrogen-bond acceptors (Lipinski definition) is 14. The second kappa shape index (κ2) is 26.9. The maximum Gasteiger partial charge on any atom is 0.297 e. The molecule has 0 spiro atoms. The van der Waals surface area contributed by atoms with Crippen molar-refractivity contribution in [1.29, 1.82) is 0 Å². The van der Waals surface area contributed by atoms with Crippen molar-refractivity contribution in [3.8, 4) is 5.75 Å². The Hall–Kier alpha value is -5.66. The molecule has 72 heavy (non-hydrogen) atoms. The number of rotatable bonds is 29. The molecular weight excluding hydrogens is 941 g/mol. The summed E-state index contributed by atoms with van der Waals surface area (Å²) in [5.74, 6) is -3.93. The summed E-state index contributed by atoms with van der Waals surface area (Å²) in [5, 5.41) is 25.3. The molecule has 2 amide bonds.